The van der Waals surface area contributed by atoms with E-state index in [1.807, 2.05) is 30.3 Å². The predicted molar refractivity (Wildman–Crippen MR) is 133 cm³/mol. The van der Waals surface area contributed by atoms with Crippen molar-refractivity contribution in [2.24, 2.45) is 4.99 Å². The summed E-state index contributed by atoms with van der Waals surface area (Å²) >= 11 is 1.61. The summed E-state index contributed by atoms with van der Waals surface area (Å²) in [6.45, 7) is 0.911. The van der Waals surface area contributed by atoms with Gasteiger partial charge in [0.05, 0.1) is 31.2 Å². The van der Waals surface area contributed by atoms with E-state index in [0.717, 1.165) is 55.3 Å². The van der Waals surface area contributed by atoms with Gasteiger partial charge in [0, 0.05) is 11.6 Å². The van der Waals surface area contributed by atoms with E-state index in [9.17, 15) is 0 Å². The molecule has 3 heterocycles. The summed E-state index contributed by atoms with van der Waals surface area (Å²) in [5.41, 5.74) is 4.16. The second kappa shape index (κ2) is 8.68. The van der Waals surface area contributed by atoms with E-state index in [4.69, 9.17) is 19.2 Å². The normalized spacial score (nSPS) is 12.9. The number of fused-ring (bicyclic) bond motifs is 2. The highest BCUT2D eigenvalue weighted by atomic mass is 32.1. The Bertz CT molecular complexity index is 1560. The molecular formula is C27H21N3O3S. The molecule has 0 spiro atoms. The second-order valence-electron chi connectivity index (χ2n) is 7.93. The highest BCUT2D eigenvalue weighted by Gasteiger charge is 2.15. The molecule has 0 saturated heterocycles. The first-order valence-electron chi connectivity index (χ1n) is 10.9. The van der Waals surface area contributed by atoms with Crippen LogP contribution in [0.1, 0.15) is 5.56 Å². The zero-order valence-electron chi connectivity index (χ0n) is 18.5. The topological polar surface area (TPSA) is 57.9 Å². The fourth-order valence-electron chi connectivity index (χ4n) is 4.06. The second-order valence-corrected chi connectivity index (χ2v) is 8.76. The SMILES string of the molecule is COc1ccc2cc(-c3csc(=Nc4cccnc4)n3Cc3ccc4c(c3)OCO4)ccc2c1. The molecule has 7 heteroatoms. The lowest BCUT2D eigenvalue weighted by molar-refractivity contribution is 0.174. The molecule has 5 aromatic rings. The van der Waals surface area contributed by atoms with Gasteiger partial charge in [0.2, 0.25) is 6.79 Å². The first-order valence-corrected chi connectivity index (χ1v) is 11.7. The largest absolute Gasteiger partial charge is 0.497 e. The van der Waals surface area contributed by atoms with E-state index >= 15 is 0 Å². The molecule has 0 saturated carbocycles. The van der Waals surface area contributed by atoms with E-state index in [2.05, 4.69) is 51.3 Å². The summed E-state index contributed by atoms with van der Waals surface area (Å²) in [5, 5.41) is 4.46. The number of hydrogen-bond acceptors (Lipinski definition) is 6. The van der Waals surface area contributed by atoms with Gasteiger partial charge in [-0.3, -0.25) is 4.98 Å². The zero-order chi connectivity index (χ0) is 22.9. The molecule has 6 nitrogen and oxygen atoms in total. The van der Waals surface area contributed by atoms with Gasteiger partial charge in [-0.15, -0.1) is 11.3 Å². The highest BCUT2D eigenvalue weighted by Crippen LogP contribution is 2.33. The molecule has 0 aliphatic carbocycles. The Balaban J connectivity index is 1.47. The Morgan fingerprint density at radius 3 is 2.76 bits per heavy atom. The van der Waals surface area contributed by atoms with Crippen LogP contribution in [0.2, 0.25) is 0 Å². The van der Waals surface area contributed by atoms with Crippen LogP contribution in [0.5, 0.6) is 17.2 Å². The van der Waals surface area contributed by atoms with Crippen LogP contribution in [-0.4, -0.2) is 23.5 Å². The minimum atomic E-state index is 0.263. The molecule has 34 heavy (non-hydrogen) atoms. The zero-order valence-corrected chi connectivity index (χ0v) is 19.3. The van der Waals surface area contributed by atoms with Gasteiger partial charge in [0.15, 0.2) is 16.3 Å². The number of ether oxygens (including phenoxy) is 3. The van der Waals surface area contributed by atoms with E-state index in [1.165, 1.54) is 0 Å². The van der Waals surface area contributed by atoms with Crippen molar-refractivity contribution >= 4 is 27.8 Å². The van der Waals surface area contributed by atoms with Crippen molar-refractivity contribution in [3.05, 3.63) is 94.9 Å². The molecule has 0 radical (unpaired) electrons. The average Bonchev–Trinajstić information content (AvgIpc) is 3.51. The molecule has 3 aromatic carbocycles. The number of rotatable bonds is 5. The van der Waals surface area contributed by atoms with Crippen molar-refractivity contribution in [1.82, 2.24) is 9.55 Å². The van der Waals surface area contributed by atoms with E-state index in [-0.39, 0.29) is 6.79 Å². The molecule has 0 bridgehead atoms. The first kappa shape index (κ1) is 20.5. The number of benzene rings is 3. The van der Waals surface area contributed by atoms with Crippen molar-refractivity contribution < 1.29 is 14.2 Å². The standard InChI is InChI=1S/C27H21N3O3S/c1-31-23-8-7-19-12-21(6-5-20(19)13-23)24-16-34-27(29-22-3-2-10-28-14-22)30(24)15-18-4-9-25-26(11-18)33-17-32-25/h2-14,16H,15,17H2,1H3. The Morgan fingerprint density at radius 1 is 1.00 bits per heavy atom. The Morgan fingerprint density at radius 2 is 1.88 bits per heavy atom. The average molecular weight is 468 g/mol. The van der Waals surface area contributed by atoms with Crippen LogP contribution in [0.25, 0.3) is 22.0 Å². The van der Waals surface area contributed by atoms with Crippen molar-refractivity contribution in [3.63, 3.8) is 0 Å². The maximum Gasteiger partial charge on any atom is 0.231 e. The smallest absolute Gasteiger partial charge is 0.231 e. The fraction of sp³-hybridized carbons (Fsp3) is 0.111. The van der Waals surface area contributed by atoms with Gasteiger partial charge in [-0.25, -0.2) is 4.99 Å². The minimum absolute atomic E-state index is 0.263. The molecule has 2 aromatic heterocycles. The summed E-state index contributed by atoms with van der Waals surface area (Å²) in [6.07, 6.45) is 3.53. The van der Waals surface area contributed by atoms with Gasteiger partial charge in [0.1, 0.15) is 5.75 Å². The number of aromatic nitrogens is 2. The number of nitrogens with zero attached hydrogens (tertiary/aromatic N) is 3. The third-order valence-electron chi connectivity index (χ3n) is 5.79. The third-order valence-corrected chi connectivity index (χ3v) is 6.65. The number of hydrogen-bond donors (Lipinski definition) is 0. The van der Waals surface area contributed by atoms with Crippen LogP contribution in [0.3, 0.4) is 0 Å². The highest BCUT2D eigenvalue weighted by molar-refractivity contribution is 7.07. The van der Waals surface area contributed by atoms with Crippen LogP contribution >= 0.6 is 11.3 Å². The molecule has 1 aliphatic rings. The quantitative estimate of drug-likeness (QED) is 0.329. The lowest BCUT2D eigenvalue weighted by atomic mass is 10.0. The maximum absolute atomic E-state index is 5.60. The van der Waals surface area contributed by atoms with Gasteiger partial charge in [-0.05, 0) is 64.4 Å². The maximum atomic E-state index is 5.60. The molecule has 1 aliphatic heterocycles. The predicted octanol–water partition coefficient (Wildman–Crippen LogP) is 5.78. The van der Waals surface area contributed by atoms with Gasteiger partial charge in [-0.1, -0.05) is 24.3 Å². The van der Waals surface area contributed by atoms with Gasteiger partial charge >= 0.3 is 0 Å². The van der Waals surface area contributed by atoms with Gasteiger partial charge < -0.3 is 18.8 Å². The number of pyridine rings is 1. The van der Waals surface area contributed by atoms with Crippen molar-refractivity contribution in [3.8, 4) is 28.5 Å². The van der Waals surface area contributed by atoms with Crippen molar-refractivity contribution in [2.45, 2.75) is 6.54 Å². The van der Waals surface area contributed by atoms with Crippen LogP contribution < -0.4 is 19.0 Å². The van der Waals surface area contributed by atoms with Gasteiger partial charge in [-0.2, -0.15) is 0 Å². The summed E-state index contributed by atoms with van der Waals surface area (Å²) in [6, 6.07) is 22.6. The lowest BCUT2D eigenvalue weighted by Crippen LogP contribution is -2.16. The van der Waals surface area contributed by atoms with E-state index in [1.54, 1.807) is 30.8 Å². The Labute approximate surface area is 200 Å². The summed E-state index contributed by atoms with van der Waals surface area (Å²) in [5.74, 6) is 2.41. The molecule has 0 unspecified atom stereocenters. The summed E-state index contributed by atoms with van der Waals surface area (Å²) in [4.78, 5) is 9.99. The summed E-state index contributed by atoms with van der Waals surface area (Å²) in [7, 11) is 1.69. The Kier molecular flexibility index (Phi) is 5.24. The van der Waals surface area contributed by atoms with Crippen molar-refractivity contribution in [2.75, 3.05) is 13.9 Å². The van der Waals surface area contributed by atoms with Crippen LogP contribution in [0, 0.1) is 0 Å². The monoisotopic (exact) mass is 467 g/mol. The fourth-order valence-corrected chi connectivity index (χ4v) is 4.99. The molecule has 0 amide bonds. The third kappa shape index (κ3) is 3.91. The van der Waals surface area contributed by atoms with Crippen LogP contribution in [-0.2, 0) is 6.54 Å². The molecule has 0 atom stereocenters. The molecular weight excluding hydrogens is 446 g/mol. The molecule has 6 rings (SSSR count). The van der Waals surface area contributed by atoms with Crippen molar-refractivity contribution in [1.29, 1.82) is 0 Å². The number of methoxy groups -OCH3 is 1. The first-order chi connectivity index (χ1) is 16.8. The Hall–Kier alpha value is -4.10. The minimum Gasteiger partial charge on any atom is -0.497 e. The molecule has 168 valence electrons. The van der Waals surface area contributed by atoms with E-state index in [0.29, 0.717) is 6.54 Å². The molecule has 0 N–H and O–H groups in total. The molecule has 0 fully saturated rings. The van der Waals surface area contributed by atoms with E-state index < -0.39 is 0 Å². The van der Waals surface area contributed by atoms with Crippen LogP contribution in [0.15, 0.2) is 89.5 Å². The summed E-state index contributed by atoms with van der Waals surface area (Å²) < 4.78 is 18.7. The van der Waals surface area contributed by atoms with Gasteiger partial charge in [0.25, 0.3) is 0 Å². The number of thiazole rings is 1. The lowest BCUT2D eigenvalue weighted by Gasteiger charge is -2.11. The van der Waals surface area contributed by atoms with Crippen LogP contribution in [0.4, 0.5) is 5.69 Å².